The summed E-state index contributed by atoms with van der Waals surface area (Å²) in [6.07, 6.45) is 0.973. The van der Waals surface area contributed by atoms with E-state index in [2.05, 4.69) is 47.6 Å². The van der Waals surface area contributed by atoms with Crippen LogP contribution in [0.4, 0.5) is 10.1 Å². The number of nitrogens with zero attached hydrogens (tertiary/aromatic N) is 1. The van der Waals surface area contributed by atoms with Gasteiger partial charge in [0.2, 0.25) is 10.0 Å². The molecule has 5 nitrogen and oxygen atoms in total. The smallest absolute Gasteiger partial charge is 0.229 e. The van der Waals surface area contributed by atoms with Crippen LogP contribution in [0.1, 0.15) is 26.3 Å². The fourth-order valence-corrected chi connectivity index (χ4v) is 4.30. The van der Waals surface area contributed by atoms with Gasteiger partial charge in [-0.1, -0.05) is 50.6 Å². The number of benzene rings is 3. The molecule has 0 amide bonds. The molecule has 0 spiro atoms. The molecular weight excluding hydrogens is 449 g/mol. The lowest BCUT2D eigenvalue weighted by Gasteiger charge is -2.18. The molecule has 1 aromatic heterocycles. The van der Waals surface area contributed by atoms with Crippen LogP contribution in [0.3, 0.4) is 0 Å². The van der Waals surface area contributed by atoms with Crippen molar-refractivity contribution in [2.24, 2.45) is 0 Å². The van der Waals surface area contributed by atoms with Crippen LogP contribution in [0.5, 0.6) is 0 Å². The third kappa shape index (κ3) is 4.64. The van der Waals surface area contributed by atoms with E-state index < -0.39 is 15.8 Å². The summed E-state index contributed by atoms with van der Waals surface area (Å²) in [4.78, 5) is 8.01. The van der Waals surface area contributed by atoms with E-state index in [-0.39, 0.29) is 11.1 Å². The number of halogens is 2. The number of nitrogens with one attached hydrogen (secondary N) is 2. The lowest BCUT2D eigenvalue weighted by molar-refractivity contribution is 0.591. The second kappa shape index (κ2) is 7.90. The summed E-state index contributed by atoms with van der Waals surface area (Å²) in [5, 5.41) is 0.469. The van der Waals surface area contributed by atoms with Gasteiger partial charge in [-0.15, -0.1) is 0 Å². The summed E-state index contributed by atoms with van der Waals surface area (Å²) in [5.74, 6) is -0.0125. The number of hydrogen-bond donors (Lipinski definition) is 2. The highest BCUT2D eigenvalue weighted by Gasteiger charge is 2.16. The third-order valence-electron chi connectivity index (χ3n) is 5.17. The molecule has 2 N–H and O–H groups in total. The number of imidazole rings is 1. The number of sulfonamides is 1. The minimum atomic E-state index is -3.56. The van der Waals surface area contributed by atoms with Gasteiger partial charge in [-0.3, -0.25) is 4.72 Å². The van der Waals surface area contributed by atoms with Crippen LogP contribution < -0.4 is 4.72 Å². The molecule has 166 valence electrons. The number of anilines is 1. The number of rotatable bonds is 4. The SMILES string of the molecule is CC(C)(C)c1ccc2nc(-c3ccc(-c4ccc(NS(C)(=O)=O)c(F)c4)cc3Cl)[nH]c2c1. The molecule has 0 saturated carbocycles. The molecule has 0 bridgehead atoms. The second-order valence-electron chi connectivity index (χ2n) is 8.83. The average Bonchev–Trinajstić information content (AvgIpc) is 3.10. The molecular formula is C24H23ClFN3O2S. The maximum Gasteiger partial charge on any atom is 0.229 e. The van der Waals surface area contributed by atoms with Crippen molar-refractivity contribution in [2.75, 3.05) is 11.0 Å². The summed E-state index contributed by atoms with van der Waals surface area (Å²) in [5.41, 5.74) is 4.94. The number of fused-ring (bicyclic) bond motifs is 1. The molecule has 3 aromatic carbocycles. The molecule has 0 saturated heterocycles. The van der Waals surface area contributed by atoms with Gasteiger partial charge in [0.25, 0.3) is 0 Å². The molecule has 32 heavy (non-hydrogen) atoms. The lowest BCUT2D eigenvalue weighted by Crippen LogP contribution is -2.10. The van der Waals surface area contributed by atoms with Gasteiger partial charge in [0.1, 0.15) is 11.6 Å². The summed E-state index contributed by atoms with van der Waals surface area (Å²) >= 11 is 6.56. The molecule has 0 aliphatic heterocycles. The first kappa shape index (κ1) is 22.3. The van der Waals surface area contributed by atoms with Gasteiger partial charge in [0.15, 0.2) is 0 Å². The predicted molar refractivity (Wildman–Crippen MR) is 129 cm³/mol. The Balaban J connectivity index is 1.67. The Morgan fingerprint density at radius 2 is 1.69 bits per heavy atom. The van der Waals surface area contributed by atoms with Crippen molar-refractivity contribution in [3.63, 3.8) is 0 Å². The van der Waals surface area contributed by atoms with Gasteiger partial charge < -0.3 is 4.98 Å². The zero-order valence-corrected chi connectivity index (χ0v) is 19.7. The monoisotopic (exact) mass is 471 g/mol. The minimum Gasteiger partial charge on any atom is -0.338 e. The van der Waals surface area contributed by atoms with Gasteiger partial charge in [0, 0.05) is 5.56 Å². The van der Waals surface area contributed by atoms with Crippen LogP contribution in [0, 0.1) is 5.82 Å². The number of aromatic nitrogens is 2. The fourth-order valence-electron chi connectivity index (χ4n) is 3.47. The molecule has 0 radical (unpaired) electrons. The molecule has 0 unspecified atom stereocenters. The van der Waals surface area contributed by atoms with E-state index in [4.69, 9.17) is 11.6 Å². The topological polar surface area (TPSA) is 74.8 Å². The van der Waals surface area contributed by atoms with Crippen molar-refractivity contribution >= 4 is 38.3 Å². The van der Waals surface area contributed by atoms with Crippen LogP contribution in [-0.2, 0) is 15.4 Å². The van der Waals surface area contributed by atoms with Crippen molar-refractivity contribution in [1.82, 2.24) is 9.97 Å². The highest BCUT2D eigenvalue weighted by atomic mass is 35.5. The standard InChI is InChI=1S/C24H23ClFN3O2S/c1-24(2,3)16-7-10-21-22(13-16)28-23(27-21)17-8-5-14(11-18(17)25)15-6-9-20(19(26)12-15)29-32(4,30)31/h5-13,29H,1-4H3,(H,27,28). The van der Waals surface area contributed by atoms with E-state index in [9.17, 15) is 12.8 Å². The Kier molecular flexibility index (Phi) is 5.51. The first-order valence-corrected chi connectivity index (χ1v) is 12.3. The van der Waals surface area contributed by atoms with E-state index in [0.717, 1.165) is 22.9 Å². The number of aromatic amines is 1. The quantitative estimate of drug-likeness (QED) is 0.363. The molecule has 0 aliphatic carbocycles. The Labute approximate surface area is 191 Å². The van der Waals surface area contributed by atoms with Crippen LogP contribution >= 0.6 is 11.6 Å². The van der Waals surface area contributed by atoms with Crippen molar-refractivity contribution in [3.05, 3.63) is 71.0 Å². The van der Waals surface area contributed by atoms with Crippen molar-refractivity contribution in [2.45, 2.75) is 26.2 Å². The molecule has 0 atom stereocenters. The van der Waals surface area contributed by atoms with E-state index in [0.29, 0.717) is 22.0 Å². The summed E-state index contributed by atoms with van der Waals surface area (Å²) in [6, 6.07) is 15.9. The van der Waals surface area contributed by atoms with E-state index in [1.807, 2.05) is 18.2 Å². The minimum absolute atomic E-state index is 0.0282. The van der Waals surface area contributed by atoms with Crippen molar-refractivity contribution in [3.8, 4) is 22.5 Å². The van der Waals surface area contributed by atoms with Crippen LogP contribution in [0.15, 0.2) is 54.6 Å². The summed E-state index contributed by atoms with van der Waals surface area (Å²) in [6.45, 7) is 6.48. The Bertz CT molecular complexity index is 1440. The average molecular weight is 472 g/mol. The van der Waals surface area contributed by atoms with E-state index >= 15 is 0 Å². The summed E-state index contributed by atoms with van der Waals surface area (Å²) in [7, 11) is -3.56. The number of hydrogen-bond acceptors (Lipinski definition) is 3. The van der Waals surface area contributed by atoms with Gasteiger partial charge >= 0.3 is 0 Å². The first-order valence-electron chi connectivity index (χ1n) is 9.98. The lowest BCUT2D eigenvalue weighted by atomic mass is 9.87. The van der Waals surface area contributed by atoms with Gasteiger partial charge in [-0.2, -0.15) is 0 Å². The second-order valence-corrected chi connectivity index (χ2v) is 11.0. The predicted octanol–water partition coefficient (Wildman–Crippen LogP) is 6.36. The van der Waals surface area contributed by atoms with Crippen molar-refractivity contribution in [1.29, 1.82) is 0 Å². The zero-order chi connectivity index (χ0) is 23.3. The number of H-pyrrole nitrogens is 1. The van der Waals surface area contributed by atoms with Crippen LogP contribution in [0.2, 0.25) is 5.02 Å². The maximum absolute atomic E-state index is 14.4. The Morgan fingerprint density at radius 1 is 1.00 bits per heavy atom. The highest BCUT2D eigenvalue weighted by Crippen LogP contribution is 2.34. The molecule has 8 heteroatoms. The van der Waals surface area contributed by atoms with Gasteiger partial charge in [-0.25, -0.2) is 17.8 Å². The third-order valence-corrected chi connectivity index (χ3v) is 6.07. The van der Waals surface area contributed by atoms with Crippen LogP contribution in [0.25, 0.3) is 33.5 Å². The van der Waals surface area contributed by atoms with E-state index in [1.54, 1.807) is 12.1 Å². The molecule has 1 heterocycles. The molecule has 4 rings (SSSR count). The zero-order valence-electron chi connectivity index (χ0n) is 18.1. The largest absolute Gasteiger partial charge is 0.338 e. The van der Waals surface area contributed by atoms with Crippen molar-refractivity contribution < 1.29 is 12.8 Å². The Hall–Kier alpha value is -2.90. The first-order chi connectivity index (χ1) is 14.9. The fraction of sp³-hybridized carbons (Fsp3) is 0.208. The van der Waals surface area contributed by atoms with Gasteiger partial charge in [-0.05, 0) is 58.5 Å². The van der Waals surface area contributed by atoms with Gasteiger partial charge in [0.05, 0.1) is 28.0 Å². The molecule has 0 aliphatic rings. The van der Waals surface area contributed by atoms with Crippen LogP contribution in [-0.4, -0.2) is 24.6 Å². The van der Waals surface area contributed by atoms with E-state index in [1.165, 1.54) is 17.7 Å². The normalized spacial score (nSPS) is 12.3. The highest BCUT2D eigenvalue weighted by molar-refractivity contribution is 7.92. The maximum atomic E-state index is 14.4. The summed E-state index contributed by atoms with van der Waals surface area (Å²) < 4.78 is 39.2. The molecule has 4 aromatic rings. The molecule has 0 fully saturated rings. The Morgan fingerprint density at radius 3 is 2.31 bits per heavy atom.